The fourth-order valence-electron chi connectivity index (χ4n) is 2.49. The lowest BCUT2D eigenvalue weighted by molar-refractivity contribution is -0.115. The normalized spacial score (nSPS) is 10.8. The molecule has 144 valence electrons. The molecule has 0 atom stereocenters. The van der Waals surface area contributed by atoms with E-state index in [-0.39, 0.29) is 5.82 Å². The molecule has 0 bridgehead atoms. The smallest absolute Gasteiger partial charge is 0.230 e. The molecule has 0 saturated heterocycles. The first-order valence-corrected chi connectivity index (χ1v) is 7.98. The highest BCUT2D eigenvalue weighted by molar-refractivity contribution is 5.92. The van der Waals surface area contributed by atoms with E-state index in [4.69, 9.17) is 0 Å². The van der Waals surface area contributed by atoms with Crippen LogP contribution in [-0.2, 0) is 11.2 Å². The summed E-state index contributed by atoms with van der Waals surface area (Å²) in [4.78, 5) is 20.4. The third-order valence-electron chi connectivity index (χ3n) is 3.91. The van der Waals surface area contributed by atoms with Crippen LogP contribution in [-0.4, -0.2) is 15.9 Å². The Morgan fingerprint density at radius 2 is 1.50 bits per heavy atom. The van der Waals surface area contributed by atoms with E-state index in [1.807, 2.05) is 30.3 Å². The molecule has 1 N–H and O–H groups in total. The van der Waals surface area contributed by atoms with Crippen LogP contribution in [0.3, 0.4) is 0 Å². The van der Waals surface area contributed by atoms with E-state index in [0.717, 1.165) is 5.56 Å². The van der Waals surface area contributed by atoms with Gasteiger partial charge in [-0.2, -0.15) is 0 Å². The van der Waals surface area contributed by atoms with Crippen molar-refractivity contribution in [1.29, 1.82) is 0 Å². The minimum absolute atomic E-state index is 0.00792. The molecule has 4 nitrogen and oxygen atoms in total. The number of aryl methyl sites for hydroxylation is 1. The van der Waals surface area contributed by atoms with Gasteiger partial charge in [-0.15, -0.1) is 0 Å². The largest absolute Gasteiger partial charge is 0.309 e. The SMILES string of the molecule is Cc1nc(-c2ccccc2)cnc1NC(=O)Cc1c(F)c(F)c(F)c(F)c1F. The summed E-state index contributed by atoms with van der Waals surface area (Å²) in [5.41, 5.74) is 0.417. The average molecular weight is 393 g/mol. The molecule has 0 unspecified atom stereocenters. The van der Waals surface area contributed by atoms with Crippen molar-refractivity contribution in [3.8, 4) is 11.3 Å². The number of anilines is 1. The van der Waals surface area contributed by atoms with E-state index in [1.165, 1.54) is 6.20 Å². The molecule has 28 heavy (non-hydrogen) atoms. The Labute approximate surface area is 156 Å². The molecular weight excluding hydrogens is 381 g/mol. The maximum Gasteiger partial charge on any atom is 0.230 e. The van der Waals surface area contributed by atoms with Gasteiger partial charge in [-0.1, -0.05) is 30.3 Å². The van der Waals surface area contributed by atoms with Gasteiger partial charge in [0.2, 0.25) is 11.7 Å². The Hall–Kier alpha value is -3.36. The Morgan fingerprint density at radius 1 is 0.929 bits per heavy atom. The van der Waals surface area contributed by atoms with Crippen molar-refractivity contribution in [3.63, 3.8) is 0 Å². The first-order chi connectivity index (χ1) is 13.3. The highest BCUT2D eigenvalue weighted by Crippen LogP contribution is 2.24. The zero-order chi connectivity index (χ0) is 20.4. The molecule has 0 fully saturated rings. The number of halogens is 5. The fraction of sp³-hybridized carbons (Fsp3) is 0.105. The van der Waals surface area contributed by atoms with Crippen LogP contribution < -0.4 is 5.32 Å². The first-order valence-electron chi connectivity index (χ1n) is 7.98. The van der Waals surface area contributed by atoms with Gasteiger partial charge in [0.25, 0.3) is 0 Å². The average Bonchev–Trinajstić information content (AvgIpc) is 2.70. The number of aromatic nitrogens is 2. The van der Waals surface area contributed by atoms with Gasteiger partial charge in [0, 0.05) is 11.1 Å². The summed E-state index contributed by atoms with van der Waals surface area (Å²) in [6, 6.07) is 9.08. The molecule has 1 amide bonds. The lowest BCUT2D eigenvalue weighted by Gasteiger charge is -2.10. The summed E-state index contributed by atoms with van der Waals surface area (Å²) in [7, 11) is 0. The number of carbonyl (C=O) groups is 1. The van der Waals surface area contributed by atoms with Crippen molar-refractivity contribution >= 4 is 11.7 Å². The highest BCUT2D eigenvalue weighted by atomic mass is 19.2. The topological polar surface area (TPSA) is 54.9 Å². The molecular formula is C19H12F5N3O. The van der Waals surface area contributed by atoms with Crippen molar-refractivity contribution in [2.24, 2.45) is 0 Å². The molecule has 0 saturated carbocycles. The fourth-order valence-corrected chi connectivity index (χ4v) is 2.49. The van der Waals surface area contributed by atoms with Crippen LogP contribution in [0.25, 0.3) is 11.3 Å². The van der Waals surface area contributed by atoms with Crippen LogP contribution in [0.15, 0.2) is 36.5 Å². The van der Waals surface area contributed by atoms with Crippen molar-refractivity contribution in [1.82, 2.24) is 9.97 Å². The first kappa shape index (κ1) is 19.4. The number of benzene rings is 2. The predicted molar refractivity (Wildman–Crippen MR) is 90.8 cm³/mol. The zero-order valence-electron chi connectivity index (χ0n) is 14.4. The number of nitrogens with zero attached hydrogens (tertiary/aromatic N) is 2. The molecule has 9 heteroatoms. The van der Waals surface area contributed by atoms with E-state index in [1.54, 1.807) is 6.92 Å². The van der Waals surface area contributed by atoms with E-state index >= 15 is 0 Å². The molecule has 3 rings (SSSR count). The lowest BCUT2D eigenvalue weighted by atomic mass is 10.1. The second kappa shape index (κ2) is 7.71. The van der Waals surface area contributed by atoms with Gasteiger partial charge in [0.15, 0.2) is 29.1 Å². The summed E-state index contributed by atoms with van der Waals surface area (Å²) >= 11 is 0. The number of nitrogens with one attached hydrogen (secondary N) is 1. The van der Waals surface area contributed by atoms with Gasteiger partial charge in [-0.25, -0.2) is 31.9 Å². The second-order valence-corrected chi connectivity index (χ2v) is 5.83. The molecule has 0 radical (unpaired) electrons. The minimum Gasteiger partial charge on any atom is -0.309 e. The number of rotatable bonds is 4. The number of carbonyl (C=O) groups excluding carboxylic acids is 1. The maximum atomic E-state index is 13.7. The number of amides is 1. The predicted octanol–water partition coefficient (Wildman–Crippen LogP) is 4.33. The van der Waals surface area contributed by atoms with Crippen LogP contribution >= 0.6 is 0 Å². The van der Waals surface area contributed by atoms with Crippen molar-refractivity contribution in [2.75, 3.05) is 5.32 Å². The molecule has 0 spiro atoms. The van der Waals surface area contributed by atoms with Gasteiger partial charge in [0.1, 0.15) is 0 Å². The Kier molecular flexibility index (Phi) is 5.34. The van der Waals surface area contributed by atoms with Crippen LogP contribution in [0.2, 0.25) is 0 Å². The minimum atomic E-state index is -2.28. The van der Waals surface area contributed by atoms with Gasteiger partial charge in [0.05, 0.1) is 24.0 Å². The number of hydrogen-bond acceptors (Lipinski definition) is 3. The van der Waals surface area contributed by atoms with E-state index in [0.29, 0.717) is 11.4 Å². The molecule has 2 aromatic carbocycles. The van der Waals surface area contributed by atoms with Gasteiger partial charge < -0.3 is 5.32 Å². The molecule has 0 aliphatic carbocycles. The van der Waals surface area contributed by atoms with Crippen molar-refractivity contribution in [2.45, 2.75) is 13.3 Å². The molecule has 1 heterocycles. The van der Waals surface area contributed by atoms with Crippen LogP contribution in [0.4, 0.5) is 27.8 Å². The third-order valence-corrected chi connectivity index (χ3v) is 3.91. The van der Waals surface area contributed by atoms with E-state index in [2.05, 4.69) is 15.3 Å². The summed E-state index contributed by atoms with van der Waals surface area (Å²) in [5, 5.41) is 2.26. The standard InChI is InChI=1S/C19H12F5N3O/c1-9-19(25-8-12(26-9)10-5-3-2-4-6-10)27-13(28)7-11-14(20)16(22)18(24)17(23)15(11)21/h2-6,8H,7H2,1H3,(H,25,27,28). The van der Waals surface area contributed by atoms with Crippen LogP contribution in [0.1, 0.15) is 11.3 Å². The maximum absolute atomic E-state index is 13.7. The van der Waals surface area contributed by atoms with Crippen molar-refractivity contribution < 1.29 is 26.7 Å². The van der Waals surface area contributed by atoms with Crippen LogP contribution in [0.5, 0.6) is 0 Å². The Balaban J connectivity index is 1.81. The van der Waals surface area contributed by atoms with Crippen molar-refractivity contribution in [3.05, 3.63) is 76.9 Å². The van der Waals surface area contributed by atoms with Crippen LogP contribution in [0, 0.1) is 36.0 Å². The zero-order valence-corrected chi connectivity index (χ0v) is 14.4. The van der Waals surface area contributed by atoms with Gasteiger partial charge in [-0.05, 0) is 6.92 Å². The Bertz CT molecular complexity index is 1030. The molecule has 3 aromatic rings. The summed E-state index contributed by atoms with van der Waals surface area (Å²) in [5.74, 6) is -11.6. The Morgan fingerprint density at radius 3 is 2.07 bits per heavy atom. The molecule has 0 aliphatic rings. The molecule has 1 aromatic heterocycles. The third kappa shape index (κ3) is 3.68. The van der Waals surface area contributed by atoms with E-state index < -0.39 is 47.0 Å². The number of hydrogen-bond donors (Lipinski definition) is 1. The lowest BCUT2D eigenvalue weighted by Crippen LogP contribution is -2.19. The van der Waals surface area contributed by atoms with E-state index in [9.17, 15) is 26.7 Å². The molecule has 0 aliphatic heterocycles. The van der Waals surface area contributed by atoms with Gasteiger partial charge >= 0.3 is 0 Å². The quantitative estimate of drug-likeness (QED) is 0.408. The monoisotopic (exact) mass is 393 g/mol. The second-order valence-electron chi connectivity index (χ2n) is 5.83. The van der Waals surface area contributed by atoms with Gasteiger partial charge in [-0.3, -0.25) is 4.79 Å². The summed E-state index contributed by atoms with van der Waals surface area (Å²) in [6.07, 6.45) is 0.323. The summed E-state index contributed by atoms with van der Waals surface area (Å²) in [6.45, 7) is 1.55. The highest BCUT2D eigenvalue weighted by Gasteiger charge is 2.27. The summed E-state index contributed by atoms with van der Waals surface area (Å²) < 4.78 is 66.9.